The van der Waals surface area contributed by atoms with Gasteiger partial charge in [-0.3, -0.25) is 9.36 Å². The molecule has 1 heterocycles. The number of pyridine rings is 1. The molecule has 1 N–H and O–H groups in total. The van der Waals surface area contributed by atoms with Crippen molar-refractivity contribution < 1.29 is 19.4 Å². The number of benzene rings is 2. The molecule has 0 amide bonds. The van der Waals surface area contributed by atoms with E-state index in [1.54, 1.807) is 0 Å². The Morgan fingerprint density at radius 3 is 2.25 bits per heavy atom. The van der Waals surface area contributed by atoms with Gasteiger partial charge in [-0.1, -0.05) is 6.07 Å². The van der Waals surface area contributed by atoms with Crippen LogP contribution in [0.2, 0.25) is 0 Å². The fraction of sp³-hybridized carbons (Fsp3) is 0.273. The van der Waals surface area contributed by atoms with Crippen LogP contribution in [0.25, 0.3) is 16.5 Å². The summed E-state index contributed by atoms with van der Waals surface area (Å²) >= 11 is 0. The van der Waals surface area contributed by atoms with Crippen molar-refractivity contribution in [2.75, 3.05) is 14.2 Å². The molecule has 0 fully saturated rings. The van der Waals surface area contributed by atoms with E-state index in [0.29, 0.717) is 22.6 Å². The maximum absolute atomic E-state index is 13.2. The summed E-state index contributed by atoms with van der Waals surface area (Å²) in [5.41, 5.74) is 2.93. The molecule has 144 valence electrons. The van der Waals surface area contributed by atoms with Crippen LogP contribution in [0.1, 0.15) is 34.3 Å². The van der Waals surface area contributed by atoms with Crippen LogP contribution in [-0.2, 0) is 12.8 Å². The molecule has 0 saturated carbocycles. The summed E-state index contributed by atoms with van der Waals surface area (Å²) < 4.78 is 12.0. The first kappa shape index (κ1) is 18.1. The number of hydrogen-bond donors (Lipinski definition) is 1. The second-order valence-corrected chi connectivity index (χ2v) is 6.94. The van der Waals surface area contributed by atoms with E-state index in [1.165, 1.54) is 54.7 Å². The van der Waals surface area contributed by atoms with Gasteiger partial charge in [0, 0.05) is 17.3 Å². The van der Waals surface area contributed by atoms with Gasteiger partial charge in [-0.25, -0.2) is 4.79 Å². The smallest absolute Gasteiger partial charge is 0.337 e. The average molecular weight is 379 g/mol. The molecule has 1 aliphatic rings. The molecule has 0 atom stereocenters. The lowest BCUT2D eigenvalue weighted by Crippen LogP contribution is -2.21. The lowest BCUT2D eigenvalue weighted by Gasteiger charge is -2.18. The van der Waals surface area contributed by atoms with Crippen molar-refractivity contribution in [3.63, 3.8) is 0 Å². The van der Waals surface area contributed by atoms with Crippen LogP contribution in [-0.4, -0.2) is 29.9 Å². The third-order valence-corrected chi connectivity index (χ3v) is 5.36. The molecule has 0 aliphatic heterocycles. The van der Waals surface area contributed by atoms with Gasteiger partial charge in [-0.2, -0.15) is 0 Å². The van der Waals surface area contributed by atoms with Gasteiger partial charge in [0.2, 0.25) is 0 Å². The minimum absolute atomic E-state index is 0.0354. The molecule has 4 rings (SSSR count). The number of rotatable bonds is 4. The Morgan fingerprint density at radius 1 is 0.964 bits per heavy atom. The summed E-state index contributed by atoms with van der Waals surface area (Å²) in [5, 5.41) is 10.3. The zero-order chi connectivity index (χ0) is 19.8. The molecular weight excluding hydrogens is 358 g/mol. The van der Waals surface area contributed by atoms with Gasteiger partial charge >= 0.3 is 5.97 Å². The number of methoxy groups -OCH3 is 2. The number of hydrogen-bond acceptors (Lipinski definition) is 4. The summed E-state index contributed by atoms with van der Waals surface area (Å²) in [6.45, 7) is 0. The first-order chi connectivity index (χ1) is 13.5. The molecule has 0 saturated heterocycles. The quantitative estimate of drug-likeness (QED) is 0.750. The number of aromatic nitrogens is 1. The molecule has 6 nitrogen and oxygen atoms in total. The maximum Gasteiger partial charge on any atom is 0.337 e. The highest BCUT2D eigenvalue weighted by atomic mass is 16.5. The number of carbonyl (C=O) groups is 1. The van der Waals surface area contributed by atoms with E-state index in [9.17, 15) is 14.7 Å². The van der Waals surface area contributed by atoms with E-state index in [1.807, 2.05) is 18.2 Å². The topological polar surface area (TPSA) is 77.8 Å². The lowest BCUT2D eigenvalue weighted by atomic mass is 9.91. The maximum atomic E-state index is 13.2. The highest BCUT2D eigenvalue weighted by molar-refractivity contribution is 6.04. The Balaban J connectivity index is 2.01. The number of aryl methyl sites for hydroxylation is 2. The van der Waals surface area contributed by atoms with Gasteiger partial charge in [0.15, 0.2) is 11.5 Å². The number of ether oxygens (including phenoxy) is 2. The summed E-state index contributed by atoms with van der Waals surface area (Å²) in [6, 6.07) is 8.99. The monoisotopic (exact) mass is 379 g/mol. The average Bonchev–Trinajstić information content (AvgIpc) is 2.72. The summed E-state index contributed by atoms with van der Waals surface area (Å²) in [5.74, 6) is -0.348. The zero-order valence-electron chi connectivity index (χ0n) is 15.8. The Labute approximate surface area is 161 Å². The molecule has 2 aromatic carbocycles. The Kier molecular flexibility index (Phi) is 4.55. The van der Waals surface area contributed by atoms with Crippen LogP contribution >= 0.6 is 0 Å². The number of carboxylic acid groups (broad SMARTS) is 1. The van der Waals surface area contributed by atoms with Crippen molar-refractivity contribution >= 4 is 16.7 Å². The van der Waals surface area contributed by atoms with Crippen LogP contribution in [0.15, 0.2) is 41.3 Å². The van der Waals surface area contributed by atoms with Crippen molar-refractivity contribution in [1.82, 2.24) is 4.57 Å². The number of fused-ring (bicyclic) bond motifs is 2. The van der Waals surface area contributed by atoms with Gasteiger partial charge in [-0.15, -0.1) is 0 Å². The third-order valence-electron chi connectivity index (χ3n) is 5.36. The van der Waals surface area contributed by atoms with Gasteiger partial charge in [0.1, 0.15) is 0 Å². The molecule has 0 spiro atoms. The number of aromatic carboxylic acids is 1. The van der Waals surface area contributed by atoms with Crippen LogP contribution in [0, 0.1) is 0 Å². The Bertz CT molecular complexity index is 1150. The van der Waals surface area contributed by atoms with E-state index < -0.39 is 5.97 Å². The normalized spacial score (nSPS) is 13.2. The molecule has 0 radical (unpaired) electrons. The minimum Gasteiger partial charge on any atom is -0.493 e. The highest BCUT2D eigenvalue weighted by Gasteiger charge is 2.19. The van der Waals surface area contributed by atoms with E-state index >= 15 is 0 Å². The molecule has 6 heteroatoms. The van der Waals surface area contributed by atoms with Crippen LogP contribution in [0.4, 0.5) is 0 Å². The van der Waals surface area contributed by atoms with Crippen molar-refractivity contribution in [1.29, 1.82) is 0 Å². The van der Waals surface area contributed by atoms with Crippen molar-refractivity contribution in [2.24, 2.45) is 0 Å². The predicted octanol–water partition coefficient (Wildman–Crippen LogP) is 3.58. The van der Waals surface area contributed by atoms with Crippen molar-refractivity contribution in [3.8, 4) is 17.2 Å². The van der Waals surface area contributed by atoms with E-state index in [-0.39, 0.29) is 16.5 Å². The van der Waals surface area contributed by atoms with Gasteiger partial charge in [0.25, 0.3) is 5.56 Å². The van der Waals surface area contributed by atoms with Crippen LogP contribution in [0.5, 0.6) is 11.5 Å². The predicted molar refractivity (Wildman–Crippen MR) is 106 cm³/mol. The highest BCUT2D eigenvalue weighted by Crippen LogP contribution is 2.33. The van der Waals surface area contributed by atoms with Gasteiger partial charge < -0.3 is 14.6 Å². The van der Waals surface area contributed by atoms with Crippen molar-refractivity contribution in [3.05, 3.63) is 63.6 Å². The first-order valence-corrected chi connectivity index (χ1v) is 9.20. The third kappa shape index (κ3) is 2.91. The molecule has 1 aliphatic carbocycles. The minimum atomic E-state index is -1.11. The SMILES string of the molecule is COc1cc2c(C(=O)O)cn(-c3ccc4c(c3)CCCC4)c(=O)c2cc1OC. The second-order valence-electron chi connectivity index (χ2n) is 6.94. The van der Waals surface area contributed by atoms with Crippen molar-refractivity contribution in [2.45, 2.75) is 25.7 Å². The Morgan fingerprint density at radius 2 is 1.61 bits per heavy atom. The molecular formula is C22H21NO5. The molecule has 3 aromatic rings. The van der Waals surface area contributed by atoms with E-state index in [4.69, 9.17) is 9.47 Å². The fourth-order valence-electron chi connectivity index (χ4n) is 3.90. The first-order valence-electron chi connectivity index (χ1n) is 9.20. The molecule has 1 aromatic heterocycles. The van der Waals surface area contributed by atoms with E-state index in [2.05, 4.69) is 0 Å². The number of nitrogens with zero attached hydrogens (tertiary/aromatic N) is 1. The zero-order valence-corrected chi connectivity index (χ0v) is 15.8. The molecule has 0 bridgehead atoms. The standard InChI is InChI=1S/C22H21NO5/c1-27-19-10-16-17(11-20(19)28-2)21(24)23(12-18(16)22(25)26)15-8-7-13-5-3-4-6-14(13)9-15/h7-12H,3-6H2,1-2H3,(H,25,26). The van der Waals surface area contributed by atoms with E-state index in [0.717, 1.165) is 19.3 Å². The summed E-state index contributed by atoms with van der Waals surface area (Å²) in [4.78, 5) is 25.1. The Hall–Kier alpha value is -3.28. The second kappa shape index (κ2) is 7.03. The van der Waals surface area contributed by atoms with Crippen LogP contribution in [0.3, 0.4) is 0 Å². The molecule has 28 heavy (non-hydrogen) atoms. The molecule has 0 unspecified atom stereocenters. The summed E-state index contributed by atoms with van der Waals surface area (Å²) in [7, 11) is 2.95. The van der Waals surface area contributed by atoms with Gasteiger partial charge in [-0.05, 0) is 61.1 Å². The number of carboxylic acids is 1. The van der Waals surface area contributed by atoms with Crippen LogP contribution < -0.4 is 15.0 Å². The largest absolute Gasteiger partial charge is 0.493 e. The summed E-state index contributed by atoms with van der Waals surface area (Å²) in [6.07, 6.45) is 5.71. The van der Waals surface area contributed by atoms with Gasteiger partial charge in [0.05, 0.1) is 25.2 Å². The fourth-order valence-corrected chi connectivity index (χ4v) is 3.90. The lowest BCUT2D eigenvalue weighted by molar-refractivity contribution is 0.0698.